The van der Waals surface area contributed by atoms with E-state index in [1.54, 1.807) is 4.90 Å². The van der Waals surface area contributed by atoms with Crippen molar-refractivity contribution in [2.45, 2.75) is 51.2 Å². The minimum atomic E-state index is -0.833. The summed E-state index contributed by atoms with van der Waals surface area (Å²) in [5, 5.41) is 13.0. The van der Waals surface area contributed by atoms with Crippen molar-refractivity contribution >= 4 is 23.7 Å². The van der Waals surface area contributed by atoms with E-state index in [1.165, 1.54) is 0 Å². The lowest BCUT2D eigenvalue weighted by atomic mass is 10.1. The fourth-order valence-electron chi connectivity index (χ4n) is 3.22. The van der Waals surface area contributed by atoms with Crippen molar-refractivity contribution in [2.24, 2.45) is 11.5 Å². The molecule has 0 aliphatic carbocycles. The number of benzene rings is 1. The fraction of sp³-hybridized carbons (Fsp3) is 0.524. The van der Waals surface area contributed by atoms with E-state index in [0.29, 0.717) is 25.9 Å². The lowest BCUT2D eigenvalue weighted by molar-refractivity contribution is -0.139. The molecular weight excluding hydrogens is 402 g/mol. The molecule has 1 fully saturated rings. The average molecular weight is 436 g/mol. The van der Waals surface area contributed by atoms with E-state index in [9.17, 15) is 14.4 Å². The number of nitrogens with two attached hydrogens (primary N) is 2. The number of carbonyl (C=O) groups is 4. The molecule has 31 heavy (non-hydrogen) atoms. The zero-order valence-electron chi connectivity index (χ0n) is 17.9. The van der Waals surface area contributed by atoms with Gasteiger partial charge in [-0.3, -0.25) is 19.2 Å². The summed E-state index contributed by atoms with van der Waals surface area (Å²) in [5.41, 5.74) is 12.0. The van der Waals surface area contributed by atoms with Crippen molar-refractivity contribution in [1.29, 1.82) is 0 Å². The molecule has 1 aromatic rings. The summed E-state index contributed by atoms with van der Waals surface area (Å²) in [6, 6.07) is 8.25. The number of hydrogen-bond acceptors (Lipinski definition) is 6. The molecule has 2 rings (SSSR count). The van der Waals surface area contributed by atoms with Crippen molar-refractivity contribution in [3.63, 3.8) is 0 Å². The van der Waals surface area contributed by atoms with Gasteiger partial charge in [0.15, 0.2) is 0 Å². The molecule has 0 aromatic heterocycles. The number of carboxylic acid groups (broad SMARTS) is 1. The van der Waals surface area contributed by atoms with Crippen LogP contribution < -0.4 is 22.1 Å². The Labute approximate surface area is 182 Å². The number of nitrogens with zero attached hydrogens (tertiary/aromatic N) is 1. The van der Waals surface area contributed by atoms with Crippen LogP contribution in [0.1, 0.15) is 38.2 Å². The Morgan fingerprint density at radius 2 is 1.81 bits per heavy atom. The maximum Gasteiger partial charge on any atom is 0.300 e. The van der Waals surface area contributed by atoms with Gasteiger partial charge in [-0.25, -0.2) is 0 Å². The van der Waals surface area contributed by atoms with Crippen molar-refractivity contribution in [1.82, 2.24) is 15.5 Å². The molecule has 1 aliphatic heterocycles. The van der Waals surface area contributed by atoms with Gasteiger partial charge in [-0.1, -0.05) is 30.3 Å². The molecule has 172 valence electrons. The van der Waals surface area contributed by atoms with Crippen molar-refractivity contribution in [3.8, 4) is 0 Å². The van der Waals surface area contributed by atoms with Gasteiger partial charge >= 0.3 is 0 Å². The Kier molecular flexibility index (Phi) is 11.9. The molecule has 1 aromatic carbocycles. The Bertz CT molecular complexity index is 724. The predicted octanol–water partition coefficient (Wildman–Crippen LogP) is -0.433. The molecule has 3 amide bonds. The quantitative estimate of drug-likeness (QED) is 0.350. The maximum atomic E-state index is 12.7. The monoisotopic (exact) mass is 435 g/mol. The van der Waals surface area contributed by atoms with Crippen LogP contribution in [0.4, 0.5) is 0 Å². The van der Waals surface area contributed by atoms with Crippen LogP contribution in [0.2, 0.25) is 0 Å². The second-order valence-corrected chi connectivity index (χ2v) is 7.14. The van der Waals surface area contributed by atoms with Crippen LogP contribution in [0.15, 0.2) is 30.3 Å². The van der Waals surface area contributed by atoms with E-state index < -0.39 is 18.1 Å². The van der Waals surface area contributed by atoms with Crippen molar-refractivity contribution in [3.05, 3.63) is 35.9 Å². The van der Waals surface area contributed by atoms with E-state index in [2.05, 4.69) is 10.6 Å². The molecule has 10 nitrogen and oxygen atoms in total. The smallest absolute Gasteiger partial charge is 0.300 e. The number of carboxylic acids is 1. The molecule has 10 heteroatoms. The highest BCUT2D eigenvalue weighted by Gasteiger charge is 2.35. The standard InChI is InChI=1S/C19H29N5O3.C2H4O2/c20-10-8-15(18(26)22-13-14-5-2-1-3-6-14)23-19(27)16-7-4-12-24(16)17(25)9-11-21;1-2(3)4/h1-3,5-6,15-16H,4,7-13,20-21H2,(H,22,26)(H,23,27);1H3,(H,3,4)/t15-,16-;/m0./s1. The maximum absolute atomic E-state index is 12.7. The summed E-state index contributed by atoms with van der Waals surface area (Å²) in [6.45, 7) is 2.52. The number of likely N-dealkylation sites (tertiary alicyclic amines) is 1. The van der Waals surface area contributed by atoms with Gasteiger partial charge in [0.2, 0.25) is 17.7 Å². The number of carbonyl (C=O) groups excluding carboxylic acids is 3. The molecule has 7 N–H and O–H groups in total. The Morgan fingerprint density at radius 3 is 2.39 bits per heavy atom. The molecule has 0 saturated carbocycles. The summed E-state index contributed by atoms with van der Waals surface area (Å²) in [5.74, 6) is -1.55. The lowest BCUT2D eigenvalue weighted by Crippen LogP contribution is -2.53. The van der Waals surface area contributed by atoms with Gasteiger partial charge in [0, 0.05) is 33.0 Å². The summed E-state index contributed by atoms with van der Waals surface area (Å²) < 4.78 is 0. The van der Waals surface area contributed by atoms with E-state index in [1.807, 2.05) is 30.3 Å². The van der Waals surface area contributed by atoms with E-state index >= 15 is 0 Å². The Morgan fingerprint density at radius 1 is 1.16 bits per heavy atom. The Hall–Kier alpha value is -2.98. The summed E-state index contributed by atoms with van der Waals surface area (Å²) in [4.78, 5) is 47.9. The van der Waals surface area contributed by atoms with E-state index in [0.717, 1.165) is 18.9 Å². The minimum absolute atomic E-state index is 0.126. The first kappa shape index (κ1) is 26.1. The topological polar surface area (TPSA) is 168 Å². The van der Waals surface area contributed by atoms with Crippen LogP contribution in [0, 0.1) is 0 Å². The Balaban J connectivity index is 0.00000110. The van der Waals surface area contributed by atoms with Gasteiger partial charge in [-0.2, -0.15) is 0 Å². The molecule has 0 bridgehead atoms. The second-order valence-electron chi connectivity index (χ2n) is 7.14. The summed E-state index contributed by atoms with van der Waals surface area (Å²) >= 11 is 0. The summed E-state index contributed by atoms with van der Waals surface area (Å²) in [6.07, 6.45) is 1.89. The minimum Gasteiger partial charge on any atom is -0.481 e. The average Bonchev–Trinajstić information content (AvgIpc) is 3.22. The highest BCUT2D eigenvalue weighted by atomic mass is 16.4. The molecular formula is C21H33N5O5. The van der Waals surface area contributed by atoms with Crippen LogP contribution in [0.5, 0.6) is 0 Å². The number of hydrogen-bond donors (Lipinski definition) is 5. The summed E-state index contributed by atoms with van der Waals surface area (Å²) in [7, 11) is 0. The number of nitrogens with one attached hydrogen (secondary N) is 2. The molecule has 1 saturated heterocycles. The van der Waals surface area contributed by atoms with Gasteiger partial charge in [0.05, 0.1) is 0 Å². The molecule has 1 heterocycles. The van der Waals surface area contributed by atoms with Crippen LogP contribution in [-0.4, -0.2) is 65.4 Å². The zero-order valence-corrected chi connectivity index (χ0v) is 17.9. The van der Waals surface area contributed by atoms with Crippen LogP contribution in [-0.2, 0) is 25.7 Å². The SMILES string of the molecule is CC(=O)O.NCCC(=O)N1CCC[C@H]1C(=O)N[C@@H](CCN)C(=O)NCc1ccccc1. The predicted molar refractivity (Wildman–Crippen MR) is 116 cm³/mol. The molecule has 0 unspecified atom stereocenters. The van der Waals surface area contributed by atoms with E-state index in [-0.39, 0.29) is 37.2 Å². The molecule has 0 radical (unpaired) electrons. The molecule has 0 spiro atoms. The first-order valence-electron chi connectivity index (χ1n) is 10.3. The van der Waals surface area contributed by atoms with Gasteiger partial charge in [0.1, 0.15) is 12.1 Å². The molecule has 2 atom stereocenters. The normalized spacial score (nSPS) is 16.0. The largest absolute Gasteiger partial charge is 0.481 e. The highest BCUT2D eigenvalue weighted by molar-refractivity contribution is 5.92. The van der Waals surface area contributed by atoms with Gasteiger partial charge < -0.3 is 32.1 Å². The highest BCUT2D eigenvalue weighted by Crippen LogP contribution is 2.18. The van der Waals surface area contributed by atoms with Crippen LogP contribution in [0.3, 0.4) is 0 Å². The number of aliphatic carboxylic acids is 1. The van der Waals surface area contributed by atoms with Gasteiger partial charge in [-0.05, 0) is 31.4 Å². The van der Waals surface area contributed by atoms with Crippen molar-refractivity contribution in [2.75, 3.05) is 19.6 Å². The third-order valence-corrected chi connectivity index (χ3v) is 4.63. The van der Waals surface area contributed by atoms with Crippen molar-refractivity contribution < 1.29 is 24.3 Å². The third-order valence-electron chi connectivity index (χ3n) is 4.63. The fourth-order valence-corrected chi connectivity index (χ4v) is 3.22. The van der Waals surface area contributed by atoms with Crippen LogP contribution in [0.25, 0.3) is 0 Å². The number of rotatable bonds is 9. The second kappa shape index (κ2) is 14.1. The van der Waals surface area contributed by atoms with Crippen LogP contribution >= 0.6 is 0 Å². The molecule has 1 aliphatic rings. The zero-order chi connectivity index (χ0) is 23.2. The number of amides is 3. The first-order valence-corrected chi connectivity index (χ1v) is 10.3. The third kappa shape index (κ3) is 9.58. The first-order chi connectivity index (χ1) is 14.8. The lowest BCUT2D eigenvalue weighted by Gasteiger charge is -2.26. The van der Waals surface area contributed by atoms with Gasteiger partial charge in [0.25, 0.3) is 5.97 Å². The van der Waals surface area contributed by atoms with Gasteiger partial charge in [-0.15, -0.1) is 0 Å². The van der Waals surface area contributed by atoms with E-state index in [4.69, 9.17) is 21.4 Å².